The maximum atomic E-state index is 12.3. The molecule has 0 radical (unpaired) electrons. The Morgan fingerprint density at radius 1 is 1.19 bits per heavy atom. The highest BCUT2D eigenvalue weighted by molar-refractivity contribution is 5.93. The fraction of sp³-hybridized carbons (Fsp3) is 0.474. The fourth-order valence-electron chi connectivity index (χ4n) is 3.31. The number of carbonyl (C=O) groups excluding carboxylic acids is 2. The van der Waals surface area contributed by atoms with E-state index in [2.05, 4.69) is 28.2 Å². The number of amides is 3. The Labute approximate surface area is 153 Å². The molecule has 1 aliphatic heterocycles. The van der Waals surface area contributed by atoms with Crippen LogP contribution >= 0.6 is 0 Å². The molecule has 0 atom stereocenters. The summed E-state index contributed by atoms with van der Waals surface area (Å²) in [6.45, 7) is 6.35. The first-order valence-corrected chi connectivity index (χ1v) is 9.18. The Bertz CT molecular complexity index is 778. The fourth-order valence-corrected chi connectivity index (χ4v) is 3.31. The Morgan fingerprint density at radius 2 is 1.96 bits per heavy atom. The number of aromatic nitrogens is 1. The van der Waals surface area contributed by atoms with Crippen LogP contribution in [0.15, 0.2) is 30.5 Å². The lowest BCUT2D eigenvalue weighted by molar-refractivity contribution is 0.0959. The largest absolute Gasteiger partial charge is 0.450 e. The van der Waals surface area contributed by atoms with Gasteiger partial charge in [-0.3, -0.25) is 0 Å². The van der Waals surface area contributed by atoms with Crippen LogP contribution in [-0.2, 0) is 11.3 Å². The van der Waals surface area contributed by atoms with E-state index in [0.29, 0.717) is 19.7 Å². The van der Waals surface area contributed by atoms with Gasteiger partial charge in [0.05, 0.1) is 12.1 Å². The van der Waals surface area contributed by atoms with E-state index >= 15 is 0 Å². The third-order valence-corrected chi connectivity index (χ3v) is 4.73. The molecule has 0 spiro atoms. The predicted molar refractivity (Wildman–Crippen MR) is 101 cm³/mol. The van der Waals surface area contributed by atoms with Crippen LogP contribution in [0.5, 0.6) is 0 Å². The molecule has 2 N–H and O–H groups in total. The summed E-state index contributed by atoms with van der Waals surface area (Å²) in [5.41, 5.74) is 1.88. The number of urea groups is 1. The van der Waals surface area contributed by atoms with Gasteiger partial charge in [0.2, 0.25) is 0 Å². The third-order valence-electron chi connectivity index (χ3n) is 4.73. The van der Waals surface area contributed by atoms with Crippen molar-refractivity contribution in [3.63, 3.8) is 0 Å². The Morgan fingerprint density at radius 3 is 2.65 bits per heavy atom. The zero-order chi connectivity index (χ0) is 18.5. The summed E-state index contributed by atoms with van der Waals surface area (Å²) >= 11 is 0. The molecule has 1 fully saturated rings. The first-order valence-electron chi connectivity index (χ1n) is 9.18. The second-order valence-corrected chi connectivity index (χ2v) is 6.43. The van der Waals surface area contributed by atoms with Crippen LogP contribution in [0.3, 0.4) is 0 Å². The topological polar surface area (TPSA) is 75.6 Å². The molecule has 0 aliphatic carbocycles. The number of carbonyl (C=O) groups is 2. The summed E-state index contributed by atoms with van der Waals surface area (Å²) in [6, 6.07) is 7.82. The lowest BCUT2D eigenvalue weighted by Crippen LogP contribution is -2.47. The number of hydrogen-bond donors (Lipinski definition) is 2. The van der Waals surface area contributed by atoms with Crippen molar-refractivity contribution in [3.05, 3.63) is 30.5 Å². The molecule has 140 valence electrons. The number of piperidine rings is 1. The maximum absolute atomic E-state index is 12.3. The summed E-state index contributed by atoms with van der Waals surface area (Å²) in [5.74, 6) is 0. The maximum Gasteiger partial charge on any atom is 0.409 e. The molecule has 2 aromatic rings. The molecule has 1 aromatic heterocycles. The van der Waals surface area contributed by atoms with Gasteiger partial charge in [-0.05, 0) is 50.3 Å². The van der Waals surface area contributed by atoms with E-state index in [1.807, 2.05) is 24.4 Å². The predicted octanol–water partition coefficient (Wildman–Crippen LogP) is 3.40. The standard InChI is InChI=1S/C19H26N4O3/c1-3-22-10-7-14-5-6-16(13-17(14)22)21-18(24)20-15-8-11-23(12-9-15)19(25)26-4-2/h5-7,10,13,15H,3-4,8-9,11-12H2,1-2H3,(H2,20,21,24). The number of nitrogens with one attached hydrogen (secondary N) is 2. The van der Waals surface area contributed by atoms with Gasteiger partial charge in [0.15, 0.2) is 0 Å². The zero-order valence-corrected chi connectivity index (χ0v) is 15.3. The molecule has 26 heavy (non-hydrogen) atoms. The number of fused-ring (bicyclic) bond motifs is 1. The average Bonchev–Trinajstić information content (AvgIpc) is 3.04. The number of benzene rings is 1. The SMILES string of the molecule is CCOC(=O)N1CCC(NC(=O)Nc2ccc3ccn(CC)c3c2)CC1. The van der Waals surface area contributed by atoms with Crippen molar-refractivity contribution in [3.8, 4) is 0 Å². The zero-order valence-electron chi connectivity index (χ0n) is 15.3. The number of aryl methyl sites for hydroxylation is 1. The van der Waals surface area contributed by atoms with Crippen molar-refractivity contribution >= 4 is 28.7 Å². The monoisotopic (exact) mass is 358 g/mol. The molecule has 3 amide bonds. The van der Waals surface area contributed by atoms with Crippen molar-refractivity contribution in [2.75, 3.05) is 25.0 Å². The smallest absolute Gasteiger partial charge is 0.409 e. The highest BCUT2D eigenvalue weighted by Crippen LogP contribution is 2.20. The molecule has 1 saturated heterocycles. The number of likely N-dealkylation sites (tertiary alicyclic amines) is 1. The number of ether oxygens (including phenoxy) is 1. The summed E-state index contributed by atoms with van der Waals surface area (Å²) in [6.07, 6.45) is 3.22. The Hall–Kier alpha value is -2.70. The highest BCUT2D eigenvalue weighted by atomic mass is 16.6. The number of nitrogens with zero attached hydrogens (tertiary/aromatic N) is 2. The Kier molecular flexibility index (Phi) is 5.65. The third kappa shape index (κ3) is 4.09. The van der Waals surface area contributed by atoms with E-state index in [1.165, 1.54) is 0 Å². The van der Waals surface area contributed by atoms with Crippen molar-refractivity contribution in [1.82, 2.24) is 14.8 Å². The van der Waals surface area contributed by atoms with E-state index in [0.717, 1.165) is 36.0 Å². The number of hydrogen-bond acceptors (Lipinski definition) is 3. The van der Waals surface area contributed by atoms with Gasteiger partial charge >= 0.3 is 12.1 Å². The van der Waals surface area contributed by atoms with Crippen LogP contribution in [0.4, 0.5) is 15.3 Å². The minimum absolute atomic E-state index is 0.0592. The van der Waals surface area contributed by atoms with E-state index in [1.54, 1.807) is 11.8 Å². The lowest BCUT2D eigenvalue weighted by atomic mass is 10.1. The average molecular weight is 358 g/mol. The summed E-state index contributed by atoms with van der Waals surface area (Å²) in [5, 5.41) is 7.06. The molecule has 0 bridgehead atoms. The molecule has 3 rings (SSSR count). The lowest BCUT2D eigenvalue weighted by Gasteiger charge is -2.31. The summed E-state index contributed by atoms with van der Waals surface area (Å²) in [4.78, 5) is 25.7. The molecule has 1 aromatic carbocycles. The summed E-state index contributed by atoms with van der Waals surface area (Å²) in [7, 11) is 0. The first-order chi connectivity index (χ1) is 12.6. The second-order valence-electron chi connectivity index (χ2n) is 6.43. The minimum atomic E-state index is -0.275. The van der Waals surface area contributed by atoms with E-state index < -0.39 is 0 Å². The quantitative estimate of drug-likeness (QED) is 0.879. The van der Waals surface area contributed by atoms with Gasteiger partial charge in [-0.1, -0.05) is 6.07 Å². The first kappa shape index (κ1) is 18.1. The number of rotatable bonds is 4. The van der Waals surface area contributed by atoms with Crippen LogP contribution in [-0.4, -0.2) is 47.3 Å². The van der Waals surface area contributed by atoms with E-state index in [9.17, 15) is 9.59 Å². The van der Waals surface area contributed by atoms with Crippen molar-refractivity contribution in [1.29, 1.82) is 0 Å². The second kappa shape index (κ2) is 8.12. The van der Waals surface area contributed by atoms with Gasteiger partial charge in [0.1, 0.15) is 0 Å². The van der Waals surface area contributed by atoms with Gasteiger partial charge < -0.3 is 24.8 Å². The van der Waals surface area contributed by atoms with Crippen LogP contribution in [0.1, 0.15) is 26.7 Å². The molecule has 0 unspecified atom stereocenters. The van der Waals surface area contributed by atoms with Gasteiger partial charge in [-0.15, -0.1) is 0 Å². The molecular weight excluding hydrogens is 332 g/mol. The summed E-state index contributed by atoms with van der Waals surface area (Å²) < 4.78 is 7.15. The van der Waals surface area contributed by atoms with Crippen molar-refractivity contribution in [2.45, 2.75) is 39.3 Å². The molecule has 1 aliphatic rings. The van der Waals surface area contributed by atoms with Crippen LogP contribution in [0.25, 0.3) is 10.9 Å². The van der Waals surface area contributed by atoms with Gasteiger partial charge in [-0.25, -0.2) is 9.59 Å². The molecule has 0 saturated carbocycles. The van der Waals surface area contributed by atoms with Crippen molar-refractivity contribution in [2.24, 2.45) is 0 Å². The minimum Gasteiger partial charge on any atom is -0.450 e. The van der Waals surface area contributed by atoms with Crippen molar-refractivity contribution < 1.29 is 14.3 Å². The molecule has 7 nitrogen and oxygen atoms in total. The Balaban J connectivity index is 1.52. The van der Waals surface area contributed by atoms with Gasteiger partial charge in [-0.2, -0.15) is 0 Å². The highest BCUT2D eigenvalue weighted by Gasteiger charge is 2.24. The van der Waals surface area contributed by atoms with Gasteiger partial charge in [0, 0.05) is 37.6 Å². The van der Waals surface area contributed by atoms with E-state index in [4.69, 9.17) is 4.74 Å². The van der Waals surface area contributed by atoms with Crippen LogP contribution in [0.2, 0.25) is 0 Å². The van der Waals surface area contributed by atoms with Crippen LogP contribution in [0, 0.1) is 0 Å². The van der Waals surface area contributed by atoms with E-state index in [-0.39, 0.29) is 18.2 Å². The van der Waals surface area contributed by atoms with Gasteiger partial charge in [0.25, 0.3) is 0 Å². The molecular formula is C19H26N4O3. The molecule has 2 heterocycles. The normalized spacial score (nSPS) is 15.1. The molecule has 7 heteroatoms. The van der Waals surface area contributed by atoms with Crippen LogP contribution < -0.4 is 10.6 Å². The number of anilines is 1.